The normalized spacial score (nSPS) is 21.6. The summed E-state index contributed by atoms with van der Waals surface area (Å²) in [6.07, 6.45) is 0.994. The summed E-state index contributed by atoms with van der Waals surface area (Å²) in [6.45, 7) is 5.07. The summed E-state index contributed by atoms with van der Waals surface area (Å²) < 4.78 is 5.66. The zero-order valence-electron chi connectivity index (χ0n) is 15.7. The lowest BCUT2D eigenvalue weighted by Crippen LogP contribution is -2.37. The summed E-state index contributed by atoms with van der Waals surface area (Å²) in [4.78, 5) is 27.2. The van der Waals surface area contributed by atoms with Gasteiger partial charge in [-0.1, -0.05) is 30.3 Å². The average Bonchev–Trinajstić information content (AvgIpc) is 3.06. The smallest absolute Gasteiger partial charge is 0.227 e. The number of benzene rings is 2. The van der Waals surface area contributed by atoms with Crippen molar-refractivity contribution in [2.45, 2.75) is 32.7 Å². The molecule has 2 aromatic rings. The molecule has 2 aliphatic rings. The van der Waals surface area contributed by atoms with Crippen LogP contribution < -0.4 is 15.0 Å². The Kier molecular flexibility index (Phi) is 4.60. The first-order valence-electron chi connectivity index (χ1n) is 9.43. The van der Waals surface area contributed by atoms with Crippen LogP contribution in [-0.4, -0.2) is 25.0 Å². The largest absolute Gasteiger partial charge is 0.493 e. The summed E-state index contributed by atoms with van der Waals surface area (Å²) in [5, 5.41) is 3.14. The molecule has 5 nitrogen and oxygen atoms in total. The molecule has 1 fully saturated rings. The van der Waals surface area contributed by atoms with Crippen LogP contribution in [0.5, 0.6) is 5.75 Å². The molecule has 0 saturated carbocycles. The van der Waals surface area contributed by atoms with Gasteiger partial charge < -0.3 is 15.0 Å². The molecule has 0 aromatic heterocycles. The fourth-order valence-electron chi connectivity index (χ4n) is 3.93. The van der Waals surface area contributed by atoms with E-state index >= 15 is 0 Å². The number of anilines is 1. The quantitative estimate of drug-likeness (QED) is 0.909. The second-order valence-electron chi connectivity index (χ2n) is 7.36. The molecule has 0 bridgehead atoms. The maximum atomic E-state index is 12.9. The second-order valence-corrected chi connectivity index (χ2v) is 7.36. The lowest BCUT2D eigenvalue weighted by Gasteiger charge is -2.27. The number of carbonyl (C=O) groups excluding carboxylic acids is 2. The molecule has 140 valence electrons. The Hall–Kier alpha value is -2.82. The molecular formula is C22H24N2O3. The summed E-state index contributed by atoms with van der Waals surface area (Å²) in [5.41, 5.74) is 4.15. The predicted molar refractivity (Wildman–Crippen MR) is 104 cm³/mol. The van der Waals surface area contributed by atoms with E-state index in [4.69, 9.17) is 4.74 Å². The molecular weight excluding hydrogens is 340 g/mol. The first kappa shape index (κ1) is 17.6. The minimum Gasteiger partial charge on any atom is -0.493 e. The van der Waals surface area contributed by atoms with Crippen LogP contribution in [0, 0.1) is 19.8 Å². The molecule has 0 aliphatic carbocycles. The van der Waals surface area contributed by atoms with Crippen molar-refractivity contribution in [2.24, 2.45) is 5.92 Å². The van der Waals surface area contributed by atoms with E-state index in [-0.39, 0.29) is 30.2 Å². The van der Waals surface area contributed by atoms with Crippen LogP contribution in [0.4, 0.5) is 5.69 Å². The zero-order valence-corrected chi connectivity index (χ0v) is 15.7. The van der Waals surface area contributed by atoms with E-state index in [1.165, 1.54) is 0 Å². The predicted octanol–water partition coefficient (Wildman–Crippen LogP) is 3.30. The number of ether oxygens (including phenoxy) is 1. The van der Waals surface area contributed by atoms with Gasteiger partial charge in [0.05, 0.1) is 18.6 Å². The fourth-order valence-corrected chi connectivity index (χ4v) is 3.93. The highest BCUT2D eigenvalue weighted by molar-refractivity contribution is 6.01. The Morgan fingerprint density at radius 3 is 2.81 bits per heavy atom. The number of hydrogen-bond donors (Lipinski definition) is 1. The Morgan fingerprint density at radius 1 is 1.15 bits per heavy atom. The highest BCUT2D eigenvalue weighted by atomic mass is 16.5. The van der Waals surface area contributed by atoms with Crippen LogP contribution in [0.1, 0.15) is 35.6 Å². The maximum Gasteiger partial charge on any atom is 0.227 e. The summed E-state index contributed by atoms with van der Waals surface area (Å²) in [7, 11) is 0. The van der Waals surface area contributed by atoms with Crippen molar-refractivity contribution in [3.05, 3.63) is 59.2 Å². The Labute approximate surface area is 159 Å². The van der Waals surface area contributed by atoms with Crippen molar-refractivity contribution in [3.8, 4) is 5.75 Å². The third-order valence-electron chi connectivity index (χ3n) is 5.64. The summed E-state index contributed by atoms with van der Waals surface area (Å²) >= 11 is 0. The van der Waals surface area contributed by atoms with Crippen molar-refractivity contribution < 1.29 is 14.3 Å². The van der Waals surface area contributed by atoms with Gasteiger partial charge in [-0.2, -0.15) is 0 Å². The molecule has 2 aliphatic heterocycles. The van der Waals surface area contributed by atoms with E-state index in [0.29, 0.717) is 13.2 Å². The zero-order chi connectivity index (χ0) is 19.0. The Morgan fingerprint density at radius 2 is 1.96 bits per heavy atom. The van der Waals surface area contributed by atoms with Crippen LogP contribution in [-0.2, 0) is 9.59 Å². The first-order valence-corrected chi connectivity index (χ1v) is 9.43. The number of hydrogen-bond acceptors (Lipinski definition) is 3. The van der Waals surface area contributed by atoms with E-state index in [0.717, 1.165) is 34.5 Å². The number of rotatable bonds is 3. The number of aryl methyl sites for hydroxylation is 1. The van der Waals surface area contributed by atoms with Crippen LogP contribution >= 0.6 is 0 Å². The topological polar surface area (TPSA) is 58.6 Å². The van der Waals surface area contributed by atoms with Crippen LogP contribution in [0.2, 0.25) is 0 Å². The third-order valence-corrected chi connectivity index (χ3v) is 5.64. The minimum absolute atomic E-state index is 0.0104. The Bertz CT molecular complexity index is 893. The van der Waals surface area contributed by atoms with E-state index < -0.39 is 0 Å². The molecule has 2 heterocycles. The maximum absolute atomic E-state index is 12.9. The highest BCUT2D eigenvalue weighted by Gasteiger charge is 2.37. The number of nitrogens with one attached hydrogen (secondary N) is 1. The standard InChI is InChI=1S/C22H24N2O3/c1-14-6-5-8-19(15(14)2)24-13-16(12-21(24)25)22(26)23-18-10-11-27-20-9-4-3-7-17(18)20/h3-9,16,18H,10-13H2,1-2H3,(H,23,26). The van der Waals surface area contributed by atoms with E-state index in [9.17, 15) is 9.59 Å². The number of nitrogens with zero attached hydrogens (tertiary/aromatic N) is 1. The first-order chi connectivity index (χ1) is 13.0. The van der Waals surface area contributed by atoms with Crippen LogP contribution in [0.3, 0.4) is 0 Å². The van der Waals surface area contributed by atoms with Crippen molar-refractivity contribution in [3.63, 3.8) is 0 Å². The molecule has 1 N–H and O–H groups in total. The van der Waals surface area contributed by atoms with Gasteiger partial charge in [0, 0.05) is 30.6 Å². The van der Waals surface area contributed by atoms with Crippen LogP contribution in [0.25, 0.3) is 0 Å². The Balaban J connectivity index is 1.48. The SMILES string of the molecule is Cc1cccc(N2CC(C(=O)NC3CCOc4ccccc43)CC2=O)c1C. The third kappa shape index (κ3) is 3.29. The fraction of sp³-hybridized carbons (Fsp3) is 0.364. The molecule has 27 heavy (non-hydrogen) atoms. The van der Waals surface area contributed by atoms with Crippen molar-refractivity contribution in [1.29, 1.82) is 0 Å². The monoisotopic (exact) mass is 364 g/mol. The van der Waals surface area contributed by atoms with Crippen molar-refractivity contribution >= 4 is 17.5 Å². The van der Waals surface area contributed by atoms with E-state index in [2.05, 4.69) is 5.32 Å². The van der Waals surface area contributed by atoms with Gasteiger partial charge >= 0.3 is 0 Å². The number of para-hydroxylation sites is 1. The molecule has 2 atom stereocenters. The molecule has 0 radical (unpaired) electrons. The lowest BCUT2D eigenvalue weighted by molar-refractivity contribution is -0.127. The second kappa shape index (κ2) is 7.06. The molecule has 2 amide bonds. The van der Waals surface area contributed by atoms with Crippen LogP contribution in [0.15, 0.2) is 42.5 Å². The molecule has 2 unspecified atom stereocenters. The molecule has 5 heteroatoms. The minimum atomic E-state index is -0.326. The number of amides is 2. The number of carbonyl (C=O) groups is 2. The van der Waals surface area contributed by atoms with Crippen molar-refractivity contribution in [2.75, 3.05) is 18.1 Å². The molecule has 2 aromatic carbocycles. The van der Waals surface area contributed by atoms with Gasteiger partial charge in [-0.15, -0.1) is 0 Å². The highest BCUT2D eigenvalue weighted by Crippen LogP contribution is 2.33. The van der Waals surface area contributed by atoms with Gasteiger partial charge in [0.1, 0.15) is 5.75 Å². The number of fused-ring (bicyclic) bond motifs is 1. The van der Waals surface area contributed by atoms with Gasteiger partial charge in [0.2, 0.25) is 11.8 Å². The van der Waals surface area contributed by atoms with E-state index in [1.807, 2.05) is 56.3 Å². The molecule has 0 spiro atoms. The average molecular weight is 364 g/mol. The summed E-state index contributed by atoms with van der Waals surface area (Å²) in [5.74, 6) is 0.454. The van der Waals surface area contributed by atoms with Gasteiger partial charge in [0.25, 0.3) is 0 Å². The van der Waals surface area contributed by atoms with Gasteiger partial charge in [-0.3, -0.25) is 9.59 Å². The van der Waals surface area contributed by atoms with Gasteiger partial charge in [-0.25, -0.2) is 0 Å². The van der Waals surface area contributed by atoms with Gasteiger partial charge in [-0.05, 0) is 37.1 Å². The van der Waals surface area contributed by atoms with Gasteiger partial charge in [0.15, 0.2) is 0 Å². The van der Waals surface area contributed by atoms with Crippen molar-refractivity contribution in [1.82, 2.24) is 5.32 Å². The molecule has 4 rings (SSSR count). The molecule has 1 saturated heterocycles. The summed E-state index contributed by atoms with van der Waals surface area (Å²) in [6, 6.07) is 13.7. The lowest BCUT2D eigenvalue weighted by atomic mass is 9.99. The van der Waals surface area contributed by atoms with E-state index in [1.54, 1.807) is 4.90 Å².